The number of aldehydes is 1. The van der Waals surface area contributed by atoms with Gasteiger partial charge < -0.3 is 35.0 Å². The minimum absolute atomic E-state index is 0.0800. The summed E-state index contributed by atoms with van der Waals surface area (Å²) in [6.45, 7) is -0.845. The largest absolute Gasteiger partial charge is 0.481 e. The fourth-order valence-electron chi connectivity index (χ4n) is 1.05. The zero-order valence-electron chi connectivity index (χ0n) is 9.67. The number of amides is 1. The van der Waals surface area contributed by atoms with Gasteiger partial charge in [0.05, 0.1) is 12.6 Å². The van der Waals surface area contributed by atoms with Crippen molar-refractivity contribution in [2.75, 3.05) is 6.61 Å². The highest BCUT2D eigenvalue weighted by atomic mass is 31.3. The monoisotopic (exact) mass is 337 g/mol. The molecule has 0 spiro atoms. The van der Waals surface area contributed by atoms with Crippen molar-refractivity contribution in [3.05, 3.63) is 0 Å². The fourth-order valence-corrected chi connectivity index (χ4v) is 2.76. The van der Waals surface area contributed by atoms with Gasteiger partial charge in [-0.3, -0.25) is 9.32 Å². The van der Waals surface area contributed by atoms with Gasteiger partial charge in [-0.15, -0.1) is 0 Å². The van der Waals surface area contributed by atoms with E-state index in [1.54, 1.807) is 0 Å². The van der Waals surface area contributed by atoms with Crippen molar-refractivity contribution in [3.63, 3.8) is 0 Å². The first-order chi connectivity index (χ1) is 9.06. The third-order valence-corrected chi connectivity index (χ3v) is 4.01. The molecule has 4 atom stereocenters. The average molecular weight is 337 g/mol. The summed E-state index contributed by atoms with van der Waals surface area (Å²) < 4.78 is 29.0. The van der Waals surface area contributed by atoms with Crippen LogP contribution in [0.4, 0.5) is 0 Å². The first kappa shape index (κ1) is 19.3. The van der Waals surface area contributed by atoms with Crippen molar-refractivity contribution >= 4 is 28.3 Å². The topological polar surface area (TPSA) is 200 Å². The lowest BCUT2D eigenvalue weighted by molar-refractivity contribution is -0.123. The van der Waals surface area contributed by atoms with Crippen molar-refractivity contribution in [1.29, 1.82) is 0 Å². The second-order valence-electron chi connectivity index (χ2n) is 3.31. The van der Waals surface area contributed by atoms with Gasteiger partial charge in [-0.25, -0.2) is 9.13 Å². The number of nitrogens with one attached hydrogen (secondary N) is 1. The molecule has 0 aliphatic rings. The molecule has 0 saturated heterocycles. The molecule has 0 fully saturated rings. The first-order valence-corrected chi connectivity index (χ1v) is 7.81. The van der Waals surface area contributed by atoms with Gasteiger partial charge in [0, 0.05) is 0 Å². The molecule has 0 saturated carbocycles. The smallest absolute Gasteiger partial charge is 0.394 e. The van der Waals surface area contributed by atoms with Crippen LogP contribution in [0.1, 0.15) is 0 Å². The van der Waals surface area contributed by atoms with Gasteiger partial charge in [-0.1, -0.05) is 0 Å². The summed E-state index contributed by atoms with van der Waals surface area (Å²) in [6, 6.07) is -1.42. The van der Waals surface area contributed by atoms with Gasteiger partial charge in [0.25, 0.3) is 0 Å². The Kier molecular flexibility index (Phi) is 7.66. The number of carbonyl (C=O) groups excluding carboxylic acids is 2. The van der Waals surface area contributed by atoms with Crippen LogP contribution in [0.15, 0.2) is 0 Å². The Morgan fingerprint density at radius 2 is 1.75 bits per heavy atom. The molecule has 0 aromatic rings. The molecule has 12 nitrogen and oxygen atoms in total. The zero-order chi connectivity index (χ0) is 16.0. The molecular formula is C6H13NO11P2. The maximum absolute atomic E-state index is 11.2. The van der Waals surface area contributed by atoms with Gasteiger partial charge >= 0.3 is 15.6 Å². The van der Waals surface area contributed by atoms with E-state index >= 15 is 0 Å². The van der Waals surface area contributed by atoms with E-state index in [0.717, 1.165) is 0 Å². The van der Waals surface area contributed by atoms with Crippen LogP contribution in [0.3, 0.4) is 0 Å². The molecule has 1 unspecified atom stereocenters. The number of phosphoric ester groups is 1. The van der Waals surface area contributed by atoms with Crippen LogP contribution in [0.2, 0.25) is 0 Å². The quantitative estimate of drug-likeness (QED) is 0.178. The Bertz CT molecular complexity index is 421. The second-order valence-corrected chi connectivity index (χ2v) is 6.09. The maximum atomic E-state index is 11.2. The normalized spacial score (nSPS) is 19.4. The molecule has 118 valence electrons. The maximum Gasteiger partial charge on any atom is 0.481 e. The summed E-state index contributed by atoms with van der Waals surface area (Å²) in [7, 11) is -10.7. The Balaban J connectivity index is 4.92. The van der Waals surface area contributed by atoms with Crippen molar-refractivity contribution < 1.29 is 52.4 Å². The third kappa shape index (κ3) is 7.20. The highest BCUT2D eigenvalue weighted by Crippen LogP contribution is 2.58. The van der Waals surface area contributed by atoms with E-state index in [-0.39, 0.29) is 12.7 Å². The number of carbonyl (C=O) groups is 2. The SMILES string of the molecule is O=CN[C@@H](CO)[C@H](O)[C@H](C=O)OP(=O)(O)OP(=O)(O)O. The molecule has 20 heavy (non-hydrogen) atoms. The van der Waals surface area contributed by atoms with Crippen molar-refractivity contribution in [2.24, 2.45) is 0 Å². The minimum Gasteiger partial charge on any atom is -0.394 e. The molecule has 0 heterocycles. The lowest BCUT2D eigenvalue weighted by Gasteiger charge is -2.25. The Morgan fingerprint density at radius 1 is 1.20 bits per heavy atom. The first-order valence-electron chi connectivity index (χ1n) is 4.78. The highest BCUT2D eigenvalue weighted by Gasteiger charge is 2.39. The van der Waals surface area contributed by atoms with Crippen LogP contribution >= 0.6 is 15.6 Å². The molecule has 0 aliphatic carbocycles. The lowest BCUT2D eigenvalue weighted by atomic mass is 10.1. The van der Waals surface area contributed by atoms with Crippen LogP contribution in [0.25, 0.3) is 0 Å². The fraction of sp³-hybridized carbons (Fsp3) is 0.667. The Labute approximate surface area is 112 Å². The van der Waals surface area contributed by atoms with Gasteiger partial charge in [-0.05, 0) is 0 Å². The van der Waals surface area contributed by atoms with E-state index in [0.29, 0.717) is 0 Å². The van der Waals surface area contributed by atoms with E-state index in [2.05, 4.69) is 8.83 Å². The van der Waals surface area contributed by atoms with E-state index in [9.17, 15) is 23.8 Å². The number of rotatable bonds is 10. The summed E-state index contributed by atoms with van der Waals surface area (Å²) in [6.07, 6.45) is -4.16. The van der Waals surface area contributed by atoms with E-state index in [4.69, 9.17) is 19.8 Å². The van der Waals surface area contributed by atoms with Crippen LogP contribution in [-0.4, -0.2) is 62.4 Å². The predicted molar refractivity (Wildman–Crippen MR) is 60.0 cm³/mol. The molecule has 0 aliphatic heterocycles. The second kappa shape index (κ2) is 7.93. The average Bonchev–Trinajstić information content (AvgIpc) is 2.29. The summed E-state index contributed by atoms with van der Waals surface area (Å²) in [5.74, 6) is 0. The van der Waals surface area contributed by atoms with Crippen LogP contribution in [0.5, 0.6) is 0 Å². The highest BCUT2D eigenvalue weighted by molar-refractivity contribution is 7.60. The third-order valence-electron chi connectivity index (χ3n) is 1.83. The Hall–Kier alpha value is -0.680. The number of aliphatic hydroxyl groups is 2. The number of hydrogen-bond donors (Lipinski definition) is 6. The molecule has 14 heteroatoms. The number of aliphatic hydroxyl groups excluding tert-OH is 2. The standard InChI is InChI=1S/C6H13NO11P2/c8-1-4(7-3-10)6(11)5(2-9)17-20(15,16)18-19(12,13)14/h2-6,8,11H,1H2,(H,7,10)(H,15,16)(H2,12,13,14)/t4-,5-,6-/m0/s1. The summed E-state index contributed by atoms with van der Waals surface area (Å²) in [4.78, 5) is 46.5. The van der Waals surface area contributed by atoms with Crippen molar-refractivity contribution in [3.8, 4) is 0 Å². The van der Waals surface area contributed by atoms with Gasteiger partial charge in [0.15, 0.2) is 12.4 Å². The van der Waals surface area contributed by atoms with Crippen LogP contribution in [0, 0.1) is 0 Å². The molecule has 0 aromatic heterocycles. The number of phosphoric acid groups is 2. The minimum atomic E-state index is -5.38. The van der Waals surface area contributed by atoms with Crippen LogP contribution in [-0.2, 0) is 27.6 Å². The molecule has 0 radical (unpaired) electrons. The van der Waals surface area contributed by atoms with Crippen molar-refractivity contribution in [2.45, 2.75) is 18.2 Å². The van der Waals surface area contributed by atoms with Crippen LogP contribution < -0.4 is 5.32 Å². The summed E-state index contributed by atoms with van der Waals surface area (Å²) in [5.41, 5.74) is 0. The molecule has 6 N–H and O–H groups in total. The van der Waals surface area contributed by atoms with Gasteiger partial charge in [0.2, 0.25) is 6.41 Å². The van der Waals surface area contributed by atoms with Crippen molar-refractivity contribution in [1.82, 2.24) is 5.32 Å². The van der Waals surface area contributed by atoms with Gasteiger partial charge in [0.1, 0.15) is 6.10 Å². The zero-order valence-corrected chi connectivity index (χ0v) is 11.5. The molecular weight excluding hydrogens is 324 g/mol. The van der Waals surface area contributed by atoms with Gasteiger partial charge in [-0.2, -0.15) is 4.31 Å². The molecule has 0 rings (SSSR count). The van der Waals surface area contributed by atoms with E-state index in [1.807, 2.05) is 5.32 Å². The number of hydrogen-bond acceptors (Lipinski definition) is 8. The molecule has 0 bridgehead atoms. The summed E-state index contributed by atoms with van der Waals surface area (Å²) in [5, 5.41) is 20.3. The van der Waals surface area contributed by atoms with E-state index in [1.165, 1.54) is 0 Å². The van der Waals surface area contributed by atoms with E-state index < -0.39 is 40.5 Å². The Morgan fingerprint density at radius 3 is 2.10 bits per heavy atom. The summed E-state index contributed by atoms with van der Waals surface area (Å²) >= 11 is 0. The predicted octanol–water partition coefficient (Wildman–Crippen LogP) is -2.75. The molecule has 0 aromatic carbocycles. The molecule has 1 amide bonds. The lowest BCUT2D eigenvalue weighted by Crippen LogP contribution is -2.49.